The first-order valence-electron chi connectivity index (χ1n) is 6.58. The van der Waals surface area contributed by atoms with Crippen molar-refractivity contribution in [2.24, 2.45) is 0 Å². The molecule has 0 aliphatic rings. The number of carbonyl (C=O) groups excluding carboxylic acids is 1. The average Bonchev–Trinajstić information content (AvgIpc) is 2.48. The summed E-state index contributed by atoms with van der Waals surface area (Å²) in [5.74, 6) is -0.345. The number of methoxy groups -OCH3 is 1. The van der Waals surface area contributed by atoms with Gasteiger partial charge in [0, 0.05) is 6.08 Å². The number of allylic oxidation sites excluding steroid dienone is 2. The lowest BCUT2D eigenvalue weighted by molar-refractivity contribution is -0.134. The van der Waals surface area contributed by atoms with Crippen molar-refractivity contribution in [1.29, 1.82) is 0 Å². The summed E-state index contributed by atoms with van der Waals surface area (Å²) >= 11 is 0. The van der Waals surface area contributed by atoms with E-state index in [1.54, 1.807) is 12.2 Å². The Balaban J connectivity index is 0.000000503. The van der Waals surface area contributed by atoms with Crippen LogP contribution in [0.25, 0.3) is 6.08 Å². The molecule has 5 N–H and O–H groups in total. The van der Waals surface area contributed by atoms with E-state index in [1.165, 1.54) is 13.2 Å². The summed E-state index contributed by atoms with van der Waals surface area (Å²) in [4.78, 5) is 50.9. The summed E-state index contributed by atoms with van der Waals surface area (Å²) in [6.45, 7) is 0. The Morgan fingerprint density at radius 3 is 1.78 bits per heavy atom. The Kier molecular flexibility index (Phi) is 10.8. The molecule has 0 aromatic heterocycles. The summed E-state index contributed by atoms with van der Waals surface area (Å²) in [6.07, 6.45) is 6.74. The van der Waals surface area contributed by atoms with Crippen molar-refractivity contribution < 1.29 is 56.3 Å². The molecule has 0 bridgehead atoms. The van der Waals surface area contributed by atoms with Crippen LogP contribution in [0.2, 0.25) is 0 Å². The van der Waals surface area contributed by atoms with Gasteiger partial charge in [0.15, 0.2) is 0 Å². The van der Waals surface area contributed by atoms with Crippen molar-refractivity contribution in [2.75, 3.05) is 7.11 Å². The van der Waals surface area contributed by atoms with Crippen LogP contribution in [0.1, 0.15) is 5.56 Å². The smallest absolute Gasteiger partial charge is 0.466 e. The number of hydrogen-bond donors (Lipinski definition) is 5. The van der Waals surface area contributed by atoms with Crippen LogP contribution in [0.5, 0.6) is 0 Å². The van der Waals surface area contributed by atoms with Crippen LogP contribution in [0.15, 0.2) is 48.6 Å². The molecule has 0 radical (unpaired) electrons. The third kappa shape index (κ3) is 16.5. The zero-order chi connectivity index (χ0) is 21.1. The molecule has 0 saturated heterocycles. The summed E-state index contributed by atoms with van der Waals surface area (Å²) < 4.78 is 40.8. The van der Waals surface area contributed by atoms with Crippen LogP contribution < -0.4 is 0 Å². The SMILES string of the molecule is COC(=O)C=CC=Cc1ccccc1.O=P(O)(O)OP(=O)(O)OP(=O)(O)O. The first kappa shape index (κ1) is 25.6. The zero-order valence-corrected chi connectivity index (χ0v) is 16.3. The molecule has 12 nitrogen and oxygen atoms in total. The van der Waals surface area contributed by atoms with E-state index in [-0.39, 0.29) is 5.97 Å². The van der Waals surface area contributed by atoms with Gasteiger partial charge in [-0.3, -0.25) is 0 Å². The van der Waals surface area contributed by atoms with Gasteiger partial charge >= 0.3 is 29.4 Å². The first-order valence-corrected chi connectivity index (χ1v) is 11.1. The van der Waals surface area contributed by atoms with Crippen LogP contribution in [0.4, 0.5) is 0 Å². The van der Waals surface area contributed by atoms with Crippen molar-refractivity contribution in [2.45, 2.75) is 0 Å². The van der Waals surface area contributed by atoms with Gasteiger partial charge in [-0.05, 0) is 5.56 Å². The number of benzene rings is 1. The van der Waals surface area contributed by atoms with Crippen molar-refractivity contribution in [3.05, 3.63) is 54.1 Å². The van der Waals surface area contributed by atoms with Gasteiger partial charge in [-0.2, -0.15) is 8.62 Å². The summed E-state index contributed by atoms with van der Waals surface area (Å²) in [5.41, 5.74) is 1.10. The number of carbonyl (C=O) groups is 1. The molecule has 0 fully saturated rings. The lowest BCUT2D eigenvalue weighted by Gasteiger charge is -2.11. The van der Waals surface area contributed by atoms with Gasteiger partial charge < -0.3 is 29.2 Å². The Hall–Kier alpha value is -1.42. The van der Waals surface area contributed by atoms with E-state index in [4.69, 9.17) is 24.5 Å². The van der Waals surface area contributed by atoms with Crippen molar-refractivity contribution in [3.8, 4) is 0 Å². The Morgan fingerprint density at radius 2 is 1.37 bits per heavy atom. The lowest BCUT2D eigenvalue weighted by atomic mass is 10.2. The second kappa shape index (κ2) is 11.4. The van der Waals surface area contributed by atoms with Crippen LogP contribution >= 0.6 is 23.5 Å². The van der Waals surface area contributed by atoms with Gasteiger partial charge in [-0.1, -0.05) is 48.6 Å². The third-order valence-electron chi connectivity index (χ3n) is 2.05. The number of rotatable bonds is 7. The second-order valence-electron chi connectivity index (χ2n) is 4.27. The minimum absolute atomic E-state index is 0.345. The molecule has 0 atom stereocenters. The predicted molar refractivity (Wildman–Crippen MR) is 92.7 cm³/mol. The highest BCUT2D eigenvalue weighted by molar-refractivity contribution is 7.66. The topological polar surface area (TPSA) is 197 Å². The summed E-state index contributed by atoms with van der Waals surface area (Å²) in [6, 6.07) is 9.86. The number of hydrogen-bond acceptors (Lipinski definition) is 7. The Morgan fingerprint density at radius 1 is 0.889 bits per heavy atom. The second-order valence-corrected chi connectivity index (χ2v) is 8.47. The van der Waals surface area contributed by atoms with Gasteiger partial charge in [0.2, 0.25) is 0 Å². The van der Waals surface area contributed by atoms with E-state index >= 15 is 0 Å². The molecule has 0 aliphatic heterocycles. The monoisotopic (exact) mass is 446 g/mol. The Labute approximate surface area is 153 Å². The molecule has 152 valence electrons. The fraction of sp³-hybridized carbons (Fsp3) is 0.0833. The highest BCUT2D eigenvalue weighted by atomic mass is 31.3. The van der Waals surface area contributed by atoms with Crippen LogP contribution in [-0.4, -0.2) is 37.5 Å². The van der Waals surface area contributed by atoms with Gasteiger partial charge in [0.1, 0.15) is 0 Å². The van der Waals surface area contributed by atoms with E-state index in [1.807, 2.05) is 36.4 Å². The van der Waals surface area contributed by atoms with Crippen LogP contribution in [-0.2, 0) is 31.8 Å². The molecule has 1 aromatic carbocycles. The van der Waals surface area contributed by atoms with Crippen LogP contribution in [0, 0.1) is 0 Å². The van der Waals surface area contributed by atoms with E-state index in [0.29, 0.717) is 0 Å². The molecule has 0 unspecified atom stereocenters. The maximum atomic E-state index is 10.7. The normalized spacial score (nSPS) is 12.7. The fourth-order valence-corrected chi connectivity index (χ4v) is 3.75. The van der Waals surface area contributed by atoms with E-state index in [9.17, 15) is 18.5 Å². The minimum Gasteiger partial charge on any atom is -0.466 e. The quantitative estimate of drug-likeness (QED) is 0.176. The van der Waals surface area contributed by atoms with Gasteiger partial charge in [-0.25, -0.2) is 18.5 Å². The molecule has 1 rings (SSSR count). The van der Waals surface area contributed by atoms with E-state index in [2.05, 4.69) is 13.4 Å². The molecule has 0 heterocycles. The average molecular weight is 446 g/mol. The fourth-order valence-electron chi connectivity index (χ4n) is 1.22. The third-order valence-corrected chi connectivity index (χ3v) is 5.40. The molecule has 15 heteroatoms. The minimum atomic E-state index is -5.46. The molecule has 1 aromatic rings. The van der Waals surface area contributed by atoms with E-state index in [0.717, 1.165) is 5.56 Å². The predicted octanol–water partition coefficient (Wildman–Crippen LogP) is 1.73. The van der Waals surface area contributed by atoms with Gasteiger partial charge in [-0.15, -0.1) is 0 Å². The maximum absolute atomic E-state index is 10.7. The maximum Gasteiger partial charge on any atom is 0.490 e. The Bertz CT molecular complexity index is 763. The van der Waals surface area contributed by atoms with Gasteiger partial charge in [0.05, 0.1) is 7.11 Å². The largest absolute Gasteiger partial charge is 0.490 e. The molecule has 27 heavy (non-hydrogen) atoms. The van der Waals surface area contributed by atoms with Crippen molar-refractivity contribution >= 4 is 35.5 Å². The molecule has 0 amide bonds. The molecular formula is C12H17O12P3. The highest BCUT2D eigenvalue weighted by Gasteiger charge is 2.38. The van der Waals surface area contributed by atoms with Crippen molar-refractivity contribution in [1.82, 2.24) is 0 Å². The van der Waals surface area contributed by atoms with E-state index < -0.39 is 23.5 Å². The summed E-state index contributed by atoms with van der Waals surface area (Å²) in [7, 11) is -14.8. The standard InChI is InChI=1S/C12H12O2.H5O10P3/c1-14-12(13)10-6-5-9-11-7-3-2-4-8-11;1-11(2,3)9-13(7,8)10-12(4,5)6/h2-10H,1H3;(H,7,8)(H2,1,2,3)(H2,4,5,6). The highest BCUT2D eigenvalue weighted by Crippen LogP contribution is 2.64. The summed E-state index contributed by atoms with van der Waals surface area (Å²) in [5, 5.41) is 0. The molecule has 0 saturated carbocycles. The first-order chi connectivity index (χ1) is 12.2. The lowest BCUT2D eigenvalue weighted by Crippen LogP contribution is -1.92. The number of ether oxygens (including phenoxy) is 1. The van der Waals surface area contributed by atoms with Gasteiger partial charge in [0.25, 0.3) is 0 Å². The molecule has 0 aliphatic carbocycles. The molecule has 0 spiro atoms. The number of esters is 1. The van der Waals surface area contributed by atoms with Crippen molar-refractivity contribution in [3.63, 3.8) is 0 Å². The molecular weight excluding hydrogens is 429 g/mol. The van der Waals surface area contributed by atoms with Crippen LogP contribution in [0.3, 0.4) is 0 Å². The zero-order valence-electron chi connectivity index (χ0n) is 13.6. The number of phosphoric acid groups is 3.